The van der Waals surface area contributed by atoms with E-state index in [1.54, 1.807) is 0 Å². The molecule has 1 fully saturated rings. The monoisotopic (exact) mass is 315 g/mol. The van der Waals surface area contributed by atoms with Gasteiger partial charge in [-0.2, -0.15) is 0 Å². The Bertz CT molecular complexity index is 610. The molecule has 1 aliphatic heterocycles. The molecule has 0 unspecified atom stereocenters. The summed E-state index contributed by atoms with van der Waals surface area (Å²) in [4.78, 5) is 17.4. The highest BCUT2D eigenvalue weighted by atomic mass is 16.1. The zero-order valence-corrected chi connectivity index (χ0v) is 14.7. The van der Waals surface area contributed by atoms with Crippen molar-refractivity contribution < 1.29 is 4.79 Å². The first kappa shape index (κ1) is 17.7. The van der Waals surface area contributed by atoms with Gasteiger partial charge in [0.15, 0.2) is 0 Å². The summed E-state index contributed by atoms with van der Waals surface area (Å²) in [5.41, 5.74) is 2.69. The van der Waals surface area contributed by atoms with Crippen molar-refractivity contribution in [2.75, 3.05) is 20.1 Å². The molecule has 3 rings (SSSR count). The number of aldehydes is 1. The Balaban J connectivity index is 0.000000229. The van der Waals surface area contributed by atoms with Crippen molar-refractivity contribution in [1.82, 2.24) is 14.5 Å². The molecule has 1 saturated heterocycles. The average molecular weight is 315 g/mol. The summed E-state index contributed by atoms with van der Waals surface area (Å²) in [5, 5.41) is 0. The van der Waals surface area contributed by atoms with Gasteiger partial charge in [-0.05, 0) is 64.0 Å². The minimum atomic E-state index is 0.493. The van der Waals surface area contributed by atoms with E-state index < -0.39 is 0 Å². The maximum atomic E-state index is 10.7. The van der Waals surface area contributed by atoms with Crippen LogP contribution in [0.4, 0.5) is 0 Å². The highest BCUT2D eigenvalue weighted by Crippen LogP contribution is 2.22. The molecule has 0 saturated carbocycles. The molecular formula is C19H29N3O. The van der Waals surface area contributed by atoms with Crippen LogP contribution in [0.2, 0.25) is 0 Å². The SMILES string of the molecule is CCC(CC)n1cnc2cc(C=O)ccc21.CN1CCCCC1. The van der Waals surface area contributed by atoms with E-state index in [1.807, 2.05) is 24.5 Å². The number of nitrogens with zero attached hydrogens (tertiary/aromatic N) is 3. The van der Waals surface area contributed by atoms with Crippen molar-refractivity contribution >= 4 is 17.3 Å². The zero-order chi connectivity index (χ0) is 16.7. The van der Waals surface area contributed by atoms with E-state index in [0.717, 1.165) is 30.2 Å². The number of carbonyl (C=O) groups excluding carboxylic acids is 1. The Labute approximate surface area is 139 Å². The highest BCUT2D eigenvalue weighted by molar-refractivity contribution is 5.84. The van der Waals surface area contributed by atoms with Crippen LogP contribution in [-0.4, -0.2) is 40.9 Å². The number of benzene rings is 1. The van der Waals surface area contributed by atoms with E-state index in [9.17, 15) is 4.79 Å². The molecular weight excluding hydrogens is 286 g/mol. The molecule has 1 aliphatic rings. The Hall–Kier alpha value is -1.68. The van der Waals surface area contributed by atoms with Crippen LogP contribution >= 0.6 is 0 Å². The number of likely N-dealkylation sites (tertiary alicyclic amines) is 1. The third kappa shape index (κ3) is 4.64. The molecule has 0 radical (unpaired) electrons. The summed E-state index contributed by atoms with van der Waals surface area (Å²) in [6.07, 6.45) is 9.19. The largest absolute Gasteiger partial charge is 0.327 e. The van der Waals surface area contributed by atoms with Gasteiger partial charge in [0.25, 0.3) is 0 Å². The lowest BCUT2D eigenvalue weighted by molar-refractivity contribution is 0.112. The number of hydrogen-bond donors (Lipinski definition) is 0. The molecule has 0 spiro atoms. The van der Waals surface area contributed by atoms with Gasteiger partial charge in [0.2, 0.25) is 0 Å². The van der Waals surface area contributed by atoms with Gasteiger partial charge in [-0.1, -0.05) is 20.3 Å². The first-order valence-electron chi connectivity index (χ1n) is 8.79. The van der Waals surface area contributed by atoms with Crippen molar-refractivity contribution in [3.05, 3.63) is 30.1 Å². The van der Waals surface area contributed by atoms with Gasteiger partial charge in [0.05, 0.1) is 17.4 Å². The molecule has 2 heterocycles. The Morgan fingerprint density at radius 2 is 1.87 bits per heavy atom. The molecule has 1 aromatic carbocycles. The van der Waals surface area contributed by atoms with E-state index >= 15 is 0 Å². The number of carbonyl (C=O) groups is 1. The van der Waals surface area contributed by atoms with Gasteiger partial charge >= 0.3 is 0 Å². The quantitative estimate of drug-likeness (QED) is 0.789. The van der Waals surface area contributed by atoms with Crippen LogP contribution in [0.25, 0.3) is 11.0 Å². The third-order valence-electron chi connectivity index (χ3n) is 4.65. The molecule has 1 aromatic heterocycles. The fourth-order valence-electron chi connectivity index (χ4n) is 3.15. The second kappa shape index (κ2) is 8.82. The normalized spacial score (nSPS) is 15.5. The molecule has 0 bridgehead atoms. The van der Waals surface area contributed by atoms with Gasteiger partial charge in [-0.15, -0.1) is 0 Å². The summed E-state index contributed by atoms with van der Waals surface area (Å²) < 4.78 is 2.20. The van der Waals surface area contributed by atoms with Crippen molar-refractivity contribution in [2.45, 2.75) is 52.0 Å². The van der Waals surface area contributed by atoms with Crippen LogP contribution in [0.5, 0.6) is 0 Å². The van der Waals surface area contributed by atoms with E-state index in [-0.39, 0.29) is 0 Å². The molecule has 126 valence electrons. The number of piperidine rings is 1. The van der Waals surface area contributed by atoms with E-state index in [1.165, 1.54) is 32.4 Å². The highest BCUT2D eigenvalue weighted by Gasteiger charge is 2.10. The smallest absolute Gasteiger partial charge is 0.150 e. The number of rotatable bonds is 4. The van der Waals surface area contributed by atoms with Crippen molar-refractivity contribution in [2.24, 2.45) is 0 Å². The van der Waals surface area contributed by atoms with E-state index in [2.05, 4.69) is 35.3 Å². The van der Waals surface area contributed by atoms with E-state index in [4.69, 9.17) is 0 Å². The van der Waals surface area contributed by atoms with Crippen molar-refractivity contribution in [3.63, 3.8) is 0 Å². The summed E-state index contributed by atoms with van der Waals surface area (Å²) >= 11 is 0. The molecule has 4 nitrogen and oxygen atoms in total. The molecule has 0 amide bonds. The Morgan fingerprint density at radius 3 is 2.39 bits per heavy atom. The fraction of sp³-hybridized carbons (Fsp3) is 0.579. The number of imidazole rings is 1. The molecule has 0 N–H and O–H groups in total. The molecule has 2 aromatic rings. The zero-order valence-electron chi connectivity index (χ0n) is 14.7. The van der Waals surface area contributed by atoms with Gasteiger partial charge in [0.1, 0.15) is 6.29 Å². The first-order chi connectivity index (χ1) is 11.2. The van der Waals surface area contributed by atoms with E-state index in [0.29, 0.717) is 11.6 Å². The van der Waals surface area contributed by atoms with Crippen LogP contribution in [0, 0.1) is 0 Å². The predicted octanol–water partition coefficient (Wildman–Crippen LogP) is 4.31. The second-order valence-corrected chi connectivity index (χ2v) is 6.35. The van der Waals surface area contributed by atoms with Crippen molar-refractivity contribution in [3.8, 4) is 0 Å². The van der Waals surface area contributed by atoms with Crippen LogP contribution in [0.1, 0.15) is 62.4 Å². The maximum absolute atomic E-state index is 10.7. The topological polar surface area (TPSA) is 38.1 Å². The summed E-state index contributed by atoms with van der Waals surface area (Å²) in [7, 11) is 2.19. The minimum Gasteiger partial charge on any atom is -0.327 e. The number of hydrogen-bond acceptors (Lipinski definition) is 3. The van der Waals surface area contributed by atoms with Crippen LogP contribution in [0.15, 0.2) is 24.5 Å². The Morgan fingerprint density at radius 1 is 1.17 bits per heavy atom. The fourth-order valence-corrected chi connectivity index (χ4v) is 3.15. The van der Waals surface area contributed by atoms with Crippen LogP contribution in [0.3, 0.4) is 0 Å². The lowest BCUT2D eigenvalue weighted by Gasteiger charge is -2.20. The molecule has 0 aliphatic carbocycles. The summed E-state index contributed by atoms with van der Waals surface area (Å²) in [6.45, 7) is 7.00. The maximum Gasteiger partial charge on any atom is 0.150 e. The first-order valence-corrected chi connectivity index (χ1v) is 8.79. The van der Waals surface area contributed by atoms with Gasteiger partial charge in [0, 0.05) is 11.6 Å². The van der Waals surface area contributed by atoms with Gasteiger partial charge < -0.3 is 9.47 Å². The molecule has 23 heavy (non-hydrogen) atoms. The standard InChI is InChI=1S/C13H16N2O.C6H13N/c1-3-11(4-2)15-9-14-12-7-10(8-16)5-6-13(12)15;1-7-5-3-2-4-6-7/h5-9,11H,3-4H2,1-2H3;2-6H2,1H3. The molecule has 0 atom stereocenters. The van der Waals surface area contributed by atoms with Crippen molar-refractivity contribution in [1.29, 1.82) is 0 Å². The third-order valence-corrected chi connectivity index (χ3v) is 4.65. The Kier molecular flexibility index (Phi) is 6.78. The molecule has 4 heteroatoms. The van der Waals surface area contributed by atoms with Crippen LogP contribution in [-0.2, 0) is 0 Å². The number of aromatic nitrogens is 2. The lowest BCUT2D eigenvalue weighted by atomic mass is 10.1. The summed E-state index contributed by atoms with van der Waals surface area (Å²) in [6, 6.07) is 6.15. The minimum absolute atomic E-state index is 0.493. The second-order valence-electron chi connectivity index (χ2n) is 6.35. The predicted molar refractivity (Wildman–Crippen MR) is 96.1 cm³/mol. The number of fused-ring (bicyclic) bond motifs is 1. The van der Waals surface area contributed by atoms with Crippen LogP contribution < -0.4 is 0 Å². The van der Waals surface area contributed by atoms with Gasteiger partial charge in [-0.25, -0.2) is 4.98 Å². The summed E-state index contributed by atoms with van der Waals surface area (Å²) in [5.74, 6) is 0. The van der Waals surface area contributed by atoms with Gasteiger partial charge in [-0.3, -0.25) is 4.79 Å². The average Bonchev–Trinajstić information content (AvgIpc) is 3.00. The lowest BCUT2D eigenvalue weighted by Crippen LogP contribution is -2.24.